The van der Waals surface area contributed by atoms with Gasteiger partial charge in [0, 0.05) is 6.54 Å². The van der Waals surface area contributed by atoms with Gasteiger partial charge in [0.25, 0.3) is 0 Å². The van der Waals surface area contributed by atoms with Crippen LogP contribution in [0, 0.1) is 6.92 Å². The molecule has 0 radical (unpaired) electrons. The van der Waals surface area contributed by atoms with E-state index in [1.807, 2.05) is 12.1 Å². The molecular formula is C18H26N2O. The quantitative estimate of drug-likeness (QED) is 0.597. The Morgan fingerprint density at radius 2 is 2.10 bits per heavy atom. The lowest BCUT2D eigenvalue weighted by molar-refractivity contribution is -0.120. The third-order valence-corrected chi connectivity index (χ3v) is 4.03. The Morgan fingerprint density at radius 3 is 2.86 bits per heavy atom. The van der Waals surface area contributed by atoms with Gasteiger partial charge in [0.2, 0.25) is 5.91 Å². The topological polar surface area (TPSA) is 41.1 Å². The fourth-order valence-corrected chi connectivity index (χ4v) is 2.65. The molecule has 0 saturated carbocycles. The molecule has 0 saturated heterocycles. The molecule has 3 nitrogen and oxygen atoms in total. The smallest absolute Gasteiger partial charge is 0.234 e. The first kappa shape index (κ1) is 15.8. The molecule has 1 aliphatic rings. The highest BCUT2D eigenvalue weighted by Gasteiger charge is 2.05. The summed E-state index contributed by atoms with van der Waals surface area (Å²) in [6, 6.07) is 8.14. The zero-order chi connectivity index (χ0) is 14.9. The van der Waals surface area contributed by atoms with Crippen LogP contribution in [0.1, 0.15) is 43.2 Å². The summed E-state index contributed by atoms with van der Waals surface area (Å²) >= 11 is 0. The van der Waals surface area contributed by atoms with E-state index in [0.717, 1.165) is 13.0 Å². The number of carbonyl (C=O) groups is 1. The standard InChI is InChI=1S/C18H26N2O/c1-15-7-5-6-10-17(15)13-20-18(21)14-19-12-11-16-8-3-2-4-9-16/h5-8,10,19H,2-4,9,11-14H2,1H3,(H,20,21). The van der Waals surface area contributed by atoms with E-state index in [-0.39, 0.29) is 5.91 Å². The van der Waals surface area contributed by atoms with Crippen molar-refractivity contribution in [2.75, 3.05) is 13.1 Å². The highest BCUT2D eigenvalue weighted by molar-refractivity contribution is 5.78. The molecule has 1 amide bonds. The maximum atomic E-state index is 11.8. The van der Waals surface area contributed by atoms with E-state index in [0.29, 0.717) is 13.1 Å². The summed E-state index contributed by atoms with van der Waals surface area (Å²) in [5.74, 6) is 0.0656. The average Bonchev–Trinajstić information content (AvgIpc) is 2.52. The summed E-state index contributed by atoms with van der Waals surface area (Å²) in [5, 5.41) is 6.19. The Labute approximate surface area is 127 Å². The Kier molecular flexibility index (Phi) is 6.48. The normalized spacial score (nSPS) is 14.6. The lowest BCUT2D eigenvalue weighted by Crippen LogP contribution is -2.34. The molecule has 0 spiro atoms. The zero-order valence-corrected chi connectivity index (χ0v) is 13.0. The maximum Gasteiger partial charge on any atom is 0.234 e. The van der Waals surface area contributed by atoms with Gasteiger partial charge in [-0.3, -0.25) is 4.79 Å². The molecule has 1 aromatic carbocycles. The molecule has 114 valence electrons. The van der Waals surface area contributed by atoms with Crippen molar-refractivity contribution >= 4 is 5.91 Å². The van der Waals surface area contributed by atoms with Crippen LogP contribution in [0.5, 0.6) is 0 Å². The summed E-state index contributed by atoms with van der Waals surface area (Å²) in [5.41, 5.74) is 3.95. The Morgan fingerprint density at radius 1 is 1.24 bits per heavy atom. The van der Waals surface area contributed by atoms with Crippen molar-refractivity contribution in [3.8, 4) is 0 Å². The summed E-state index contributed by atoms with van der Waals surface area (Å²) in [6.07, 6.45) is 8.56. The SMILES string of the molecule is Cc1ccccc1CNC(=O)CNCCC1=CCCCC1. The van der Waals surface area contributed by atoms with Crippen molar-refractivity contribution in [2.24, 2.45) is 0 Å². The first-order valence-corrected chi connectivity index (χ1v) is 7.95. The largest absolute Gasteiger partial charge is 0.351 e. The summed E-state index contributed by atoms with van der Waals surface area (Å²) < 4.78 is 0. The minimum atomic E-state index is 0.0656. The lowest BCUT2D eigenvalue weighted by atomic mass is 9.97. The number of benzene rings is 1. The highest BCUT2D eigenvalue weighted by Crippen LogP contribution is 2.19. The molecule has 1 aromatic rings. The molecular weight excluding hydrogens is 260 g/mol. The number of aryl methyl sites for hydroxylation is 1. The van der Waals surface area contributed by atoms with Crippen molar-refractivity contribution in [2.45, 2.75) is 45.6 Å². The van der Waals surface area contributed by atoms with Crippen LogP contribution >= 0.6 is 0 Å². The predicted octanol–water partition coefficient (Wildman–Crippen LogP) is 3.09. The van der Waals surface area contributed by atoms with Gasteiger partial charge in [-0.2, -0.15) is 0 Å². The third-order valence-electron chi connectivity index (χ3n) is 4.03. The Bertz CT molecular complexity index is 494. The van der Waals surface area contributed by atoms with Gasteiger partial charge in [-0.15, -0.1) is 0 Å². The summed E-state index contributed by atoms with van der Waals surface area (Å²) in [6.45, 7) is 3.97. The van der Waals surface area contributed by atoms with Gasteiger partial charge >= 0.3 is 0 Å². The summed E-state index contributed by atoms with van der Waals surface area (Å²) in [7, 11) is 0. The number of carbonyl (C=O) groups excluding carboxylic acids is 1. The highest BCUT2D eigenvalue weighted by atomic mass is 16.1. The number of allylic oxidation sites excluding steroid dienone is 1. The second kappa shape index (κ2) is 8.63. The van der Waals surface area contributed by atoms with Gasteiger partial charge in [0.05, 0.1) is 6.54 Å². The van der Waals surface area contributed by atoms with Gasteiger partial charge in [0.1, 0.15) is 0 Å². The number of amides is 1. The monoisotopic (exact) mass is 286 g/mol. The fourth-order valence-electron chi connectivity index (χ4n) is 2.65. The number of rotatable bonds is 7. The van der Waals surface area contributed by atoms with Crippen molar-refractivity contribution in [1.29, 1.82) is 0 Å². The molecule has 2 N–H and O–H groups in total. The van der Waals surface area contributed by atoms with E-state index in [1.54, 1.807) is 5.57 Å². The van der Waals surface area contributed by atoms with Crippen molar-refractivity contribution in [3.05, 3.63) is 47.0 Å². The first-order valence-electron chi connectivity index (χ1n) is 7.95. The molecule has 1 aliphatic carbocycles. The molecule has 3 heteroatoms. The van der Waals surface area contributed by atoms with Crippen LogP contribution in [0.15, 0.2) is 35.9 Å². The molecule has 0 aliphatic heterocycles. The molecule has 0 atom stereocenters. The molecule has 0 unspecified atom stereocenters. The van der Waals surface area contributed by atoms with Crippen LogP contribution in [0.4, 0.5) is 0 Å². The molecule has 2 rings (SSSR count). The predicted molar refractivity (Wildman–Crippen MR) is 87.1 cm³/mol. The lowest BCUT2D eigenvalue weighted by Gasteiger charge is -2.13. The molecule has 0 heterocycles. The van der Waals surface area contributed by atoms with Crippen LogP contribution in [0.2, 0.25) is 0 Å². The average molecular weight is 286 g/mol. The van der Waals surface area contributed by atoms with Crippen molar-refractivity contribution in [3.63, 3.8) is 0 Å². The van der Waals surface area contributed by atoms with Gasteiger partial charge in [0.15, 0.2) is 0 Å². The summed E-state index contributed by atoms with van der Waals surface area (Å²) in [4.78, 5) is 11.8. The van der Waals surface area contributed by atoms with Gasteiger partial charge in [-0.05, 0) is 56.7 Å². The van der Waals surface area contributed by atoms with Crippen molar-refractivity contribution < 1.29 is 4.79 Å². The molecule has 0 bridgehead atoms. The van der Waals surface area contributed by atoms with Crippen LogP contribution in [0.25, 0.3) is 0 Å². The zero-order valence-electron chi connectivity index (χ0n) is 13.0. The fraction of sp³-hybridized carbons (Fsp3) is 0.500. The van der Waals surface area contributed by atoms with E-state index in [9.17, 15) is 4.79 Å². The van der Waals surface area contributed by atoms with Crippen LogP contribution in [-0.2, 0) is 11.3 Å². The van der Waals surface area contributed by atoms with Crippen LogP contribution in [0.3, 0.4) is 0 Å². The second-order valence-corrected chi connectivity index (χ2v) is 5.74. The Balaban J connectivity index is 1.59. The first-order chi connectivity index (χ1) is 10.3. The minimum Gasteiger partial charge on any atom is -0.351 e. The number of hydrogen-bond acceptors (Lipinski definition) is 2. The van der Waals surface area contributed by atoms with Crippen LogP contribution < -0.4 is 10.6 Å². The molecule has 21 heavy (non-hydrogen) atoms. The van der Waals surface area contributed by atoms with E-state index >= 15 is 0 Å². The number of hydrogen-bond donors (Lipinski definition) is 2. The molecule has 0 fully saturated rings. The van der Waals surface area contributed by atoms with E-state index in [4.69, 9.17) is 0 Å². The van der Waals surface area contributed by atoms with Crippen molar-refractivity contribution in [1.82, 2.24) is 10.6 Å². The minimum absolute atomic E-state index is 0.0656. The molecule has 0 aromatic heterocycles. The van der Waals surface area contributed by atoms with Gasteiger partial charge in [-0.25, -0.2) is 0 Å². The van der Waals surface area contributed by atoms with Gasteiger partial charge in [-0.1, -0.05) is 35.9 Å². The van der Waals surface area contributed by atoms with E-state index in [2.05, 4.69) is 35.8 Å². The van der Waals surface area contributed by atoms with Gasteiger partial charge < -0.3 is 10.6 Å². The number of nitrogens with one attached hydrogen (secondary N) is 2. The maximum absolute atomic E-state index is 11.8. The van der Waals surface area contributed by atoms with E-state index < -0.39 is 0 Å². The Hall–Kier alpha value is -1.61. The van der Waals surface area contributed by atoms with Crippen LogP contribution in [-0.4, -0.2) is 19.0 Å². The second-order valence-electron chi connectivity index (χ2n) is 5.74. The third kappa shape index (κ3) is 5.72. The van der Waals surface area contributed by atoms with E-state index in [1.165, 1.54) is 36.8 Å².